The minimum Gasteiger partial charge on any atom is -0.533 e. The molecule has 1 fully saturated rings. The van der Waals surface area contributed by atoms with Crippen LogP contribution in [0.3, 0.4) is 0 Å². The van der Waals surface area contributed by atoms with Crippen molar-refractivity contribution in [3.8, 4) is 0 Å². The normalized spacial score (nSPS) is 30.1. The maximum atomic E-state index is 6.17. The second kappa shape index (κ2) is 4.70. The van der Waals surface area contributed by atoms with Crippen molar-refractivity contribution in [2.24, 2.45) is 11.1 Å². The van der Waals surface area contributed by atoms with Crippen molar-refractivity contribution in [2.75, 3.05) is 6.54 Å². The molecule has 0 amide bonds. The first-order valence-electron chi connectivity index (χ1n) is 6.73. The average Bonchev–Trinajstić information content (AvgIpc) is 2.47. The molecule has 0 radical (unpaired) electrons. The summed E-state index contributed by atoms with van der Waals surface area (Å²) in [5.41, 5.74) is 8.71. The van der Waals surface area contributed by atoms with E-state index in [9.17, 15) is 0 Å². The first-order chi connectivity index (χ1) is 8.27. The van der Waals surface area contributed by atoms with E-state index in [0.29, 0.717) is 6.54 Å². The van der Waals surface area contributed by atoms with Crippen LogP contribution in [0.25, 0.3) is 0 Å². The van der Waals surface area contributed by atoms with Gasteiger partial charge in [0.25, 0.3) is 0 Å². The van der Waals surface area contributed by atoms with Gasteiger partial charge in [0.05, 0.1) is 5.38 Å². The third-order valence-electron chi connectivity index (χ3n) is 4.78. The van der Waals surface area contributed by atoms with Gasteiger partial charge in [-0.25, -0.2) is 0 Å². The largest absolute Gasteiger partial charge is 0.553 e. The molecule has 4 heteroatoms. The molecule has 1 saturated heterocycles. The predicted molar refractivity (Wildman–Crippen MR) is 80.1 cm³/mol. The van der Waals surface area contributed by atoms with Crippen LogP contribution < -0.4 is 5.73 Å². The topological polar surface area (TPSA) is 38.8 Å². The molecule has 0 spiro atoms. The lowest BCUT2D eigenvalue weighted by molar-refractivity contribution is -0.0726. The quantitative estimate of drug-likeness (QED) is 0.467. The third kappa shape index (κ3) is 2.41. The number of hydrogen-bond acceptors (Lipinski definition) is 1. The van der Waals surface area contributed by atoms with Crippen LogP contribution in [0.5, 0.6) is 0 Å². The summed E-state index contributed by atoms with van der Waals surface area (Å²) in [7, 11) is 0. The molecule has 1 unspecified atom stereocenters. The molecule has 0 aromatic rings. The highest BCUT2D eigenvalue weighted by atomic mass is 35.5. The molecule has 2 aliphatic rings. The number of rotatable bonds is 2. The van der Waals surface area contributed by atoms with Gasteiger partial charge >= 0.3 is 6.92 Å². The van der Waals surface area contributed by atoms with E-state index >= 15 is 0 Å². The number of allylic oxidation sites excluding steroid dienone is 3. The van der Waals surface area contributed by atoms with Crippen molar-refractivity contribution < 1.29 is 4.65 Å². The van der Waals surface area contributed by atoms with Crippen LogP contribution in [-0.2, 0) is 0 Å². The van der Waals surface area contributed by atoms with Crippen LogP contribution >= 0.6 is 11.6 Å². The molecule has 100 valence electrons. The minimum atomic E-state index is 0.0238. The lowest BCUT2D eigenvalue weighted by Crippen LogP contribution is -2.37. The SMILES string of the molecule is CC1(C)CB(C2=C(CN)CC(Cl)C=C2)[OH+]C1(C)C. The Kier molecular flexibility index (Phi) is 3.70. The molecule has 1 aliphatic carbocycles. The number of halogens is 1. The van der Waals surface area contributed by atoms with Gasteiger partial charge < -0.3 is 10.4 Å². The number of alkyl halides is 1. The van der Waals surface area contributed by atoms with E-state index in [1.165, 1.54) is 11.0 Å². The van der Waals surface area contributed by atoms with Gasteiger partial charge in [-0.1, -0.05) is 31.6 Å². The predicted octanol–water partition coefficient (Wildman–Crippen LogP) is 2.69. The smallest absolute Gasteiger partial charge is 0.533 e. The van der Waals surface area contributed by atoms with E-state index in [4.69, 9.17) is 22.0 Å². The Morgan fingerprint density at radius 3 is 2.61 bits per heavy atom. The Hall–Kier alpha value is -0.245. The number of nitrogens with two attached hydrogens (primary N) is 1. The highest BCUT2D eigenvalue weighted by Gasteiger charge is 2.57. The van der Waals surface area contributed by atoms with Crippen LogP contribution in [0.2, 0.25) is 6.32 Å². The Labute approximate surface area is 116 Å². The van der Waals surface area contributed by atoms with Gasteiger partial charge in [-0.2, -0.15) is 0 Å². The van der Waals surface area contributed by atoms with Crippen LogP contribution in [0.4, 0.5) is 0 Å². The molecule has 3 N–H and O–H groups in total. The fourth-order valence-corrected chi connectivity index (χ4v) is 3.08. The molecular weight excluding hydrogens is 244 g/mol. The van der Waals surface area contributed by atoms with Crippen molar-refractivity contribution in [1.82, 2.24) is 0 Å². The molecule has 18 heavy (non-hydrogen) atoms. The number of hydrogen-bond donors (Lipinski definition) is 1. The van der Waals surface area contributed by atoms with Crippen molar-refractivity contribution in [3.63, 3.8) is 0 Å². The summed E-state index contributed by atoms with van der Waals surface area (Å²) in [5.74, 6) is 0. The van der Waals surface area contributed by atoms with Gasteiger partial charge in [0, 0.05) is 37.6 Å². The Bertz CT molecular complexity index is 385. The first-order valence-corrected chi connectivity index (χ1v) is 7.17. The summed E-state index contributed by atoms with van der Waals surface area (Å²) < 4.78 is 5.01. The van der Waals surface area contributed by atoms with E-state index in [-0.39, 0.29) is 23.3 Å². The van der Waals surface area contributed by atoms with Crippen molar-refractivity contribution in [3.05, 3.63) is 23.2 Å². The van der Waals surface area contributed by atoms with Crippen LogP contribution in [-0.4, -0.2) is 29.1 Å². The molecule has 1 heterocycles. The van der Waals surface area contributed by atoms with E-state index in [2.05, 4.69) is 39.8 Å². The number of aliphatic hydroxyl groups is 1. The monoisotopic (exact) mass is 268 g/mol. The van der Waals surface area contributed by atoms with Crippen molar-refractivity contribution in [1.29, 1.82) is 0 Å². The van der Waals surface area contributed by atoms with E-state index < -0.39 is 0 Å². The maximum Gasteiger partial charge on any atom is 0.553 e. The van der Waals surface area contributed by atoms with Crippen LogP contribution in [0.1, 0.15) is 34.1 Å². The Morgan fingerprint density at radius 2 is 2.11 bits per heavy atom. The molecular formula is C14H24BClNO+. The highest BCUT2D eigenvalue weighted by Crippen LogP contribution is 2.46. The van der Waals surface area contributed by atoms with E-state index in [1.807, 2.05) is 0 Å². The lowest BCUT2D eigenvalue weighted by Gasteiger charge is -2.30. The molecule has 0 aromatic heterocycles. The molecule has 0 saturated carbocycles. The molecule has 0 aromatic carbocycles. The zero-order chi connectivity index (χ0) is 13.6. The Morgan fingerprint density at radius 1 is 1.44 bits per heavy atom. The minimum absolute atomic E-state index is 0.0238. The summed E-state index contributed by atoms with van der Waals surface area (Å²) in [6.07, 6.45) is 6.19. The molecule has 2 rings (SSSR count). The maximum absolute atomic E-state index is 6.17. The Balaban J connectivity index is 2.26. The van der Waals surface area contributed by atoms with Gasteiger partial charge in [0.2, 0.25) is 0 Å². The van der Waals surface area contributed by atoms with Crippen molar-refractivity contribution >= 4 is 18.5 Å². The second-order valence-electron chi connectivity index (χ2n) is 6.63. The summed E-state index contributed by atoms with van der Waals surface area (Å²) in [6, 6.07) is 0. The van der Waals surface area contributed by atoms with Gasteiger partial charge in [0.1, 0.15) is 5.60 Å². The summed E-state index contributed by atoms with van der Waals surface area (Å²) in [4.78, 5) is 0. The van der Waals surface area contributed by atoms with Crippen molar-refractivity contribution in [2.45, 2.75) is 51.4 Å². The highest BCUT2D eigenvalue weighted by molar-refractivity contribution is 6.62. The molecule has 0 bridgehead atoms. The first kappa shape index (κ1) is 14.2. The van der Waals surface area contributed by atoms with Gasteiger partial charge in [0.15, 0.2) is 0 Å². The van der Waals surface area contributed by atoms with Crippen LogP contribution in [0, 0.1) is 5.41 Å². The summed E-state index contributed by atoms with van der Waals surface area (Å²) >= 11 is 6.17. The molecule has 1 aliphatic heterocycles. The summed E-state index contributed by atoms with van der Waals surface area (Å²) in [6.45, 7) is 9.94. The summed E-state index contributed by atoms with van der Waals surface area (Å²) in [5, 5.41) is 0.0923. The second-order valence-corrected chi connectivity index (χ2v) is 7.19. The van der Waals surface area contributed by atoms with E-state index in [1.54, 1.807) is 0 Å². The lowest BCUT2D eigenvalue weighted by atomic mass is 9.52. The fourth-order valence-electron chi connectivity index (χ4n) is 2.82. The zero-order valence-electron chi connectivity index (χ0n) is 11.8. The molecule has 1 atom stereocenters. The van der Waals surface area contributed by atoms with Crippen LogP contribution in [0.15, 0.2) is 23.2 Å². The average molecular weight is 269 g/mol. The zero-order valence-corrected chi connectivity index (χ0v) is 12.6. The fraction of sp³-hybridized carbons (Fsp3) is 0.714. The van der Waals surface area contributed by atoms with Gasteiger partial charge in [-0.05, 0) is 6.42 Å². The van der Waals surface area contributed by atoms with Gasteiger partial charge in [-0.3, -0.25) is 0 Å². The van der Waals surface area contributed by atoms with Gasteiger partial charge in [-0.15, -0.1) is 11.6 Å². The van der Waals surface area contributed by atoms with E-state index in [0.717, 1.165) is 12.7 Å². The third-order valence-corrected chi connectivity index (χ3v) is 5.08. The molecule has 2 nitrogen and oxygen atoms in total. The standard InChI is InChI=1S/C14H23BClNO/c1-13(2)9-15(18-14(13,3)4)12-6-5-11(16)7-10(12)8-17/h5-6,11H,7-9,17H2,1-4H3/p+1.